The lowest BCUT2D eigenvalue weighted by Gasteiger charge is -2.41. The summed E-state index contributed by atoms with van der Waals surface area (Å²) in [7, 11) is 0. The first-order valence-electron chi connectivity index (χ1n) is 5.84. The van der Waals surface area contributed by atoms with Crippen molar-refractivity contribution in [1.82, 2.24) is 5.32 Å². The van der Waals surface area contributed by atoms with Gasteiger partial charge in [0.25, 0.3) is 0 Å². The zero-order valence-corrected chi connectivity index (χ0v) is 8.58. The van der Waals surface area contributed by atoms with Gasteiger partial charge in [0.1, 0.15) is 0 Å². The maximum absolute atomic E-state index is 9.19. The number of aliphatic hydroxyl groups excluding tert-OH is 1. The van der Waals surface area contributed by atoms with Gasteiger partial charge in [-0.1, -0.05) is 12.2 Å². The van der Waals surface area contributed by atoms with Gasteiger partial charge in [-0.3, -0.25) is 0 Å². The number of nitrogens with one attached hydrogen (secondary N) is 1. The molecule has 0 aromatic rings. The summed E-state index contributed by atoms with van der Waals surface area (Å²) in [6.45, 7) is 1.40. The van der Waals surface area contributed by atoms with E-state index in [1.807, 2.05) is 0 Å². The Hall–Kier alpha value is -0.340. The van der Waals surface area contributed by atoms with E-state index in [9.17, 15) is 5.11 Å². The molecule has 0 spiro atoms. The van der Waals surface area contributed by atoms with Crippen LogP contribution >= 0.6 is 0 Å². The number of rotatable bonds is 4. The molecule has 3 atom stereocenters. The van der Waals surface area contributed by atoms with E-state index in [1.165, 1.54) is 25.7 Å². The van der Waals surface area contributed by atoms with Crippen LogP contribution in [0.2, 0.25) is 0 Å². The number of hydrogen-bond donors (Lipinski definition) is 2. The molecular formula is C12H19NO. The maximum atomic E-state index is 9.19. The van der Waals surface area contributed by atoms with Gasteiger partial charge in [-0.05, 0) is 37.5 Å². The lowest BCUT2D eigenvalue weighted by atomic mass is 9.71. The van der Waals surface area contributed by atoms with E-state index in [2.05, 4.69) is 17.5 Å². The van der Waals surface area contributed by atoms with Gasteiger partial charge in [-0.2, -0.15) is 0 Å². The van der Waals surface area contributed by atoms with E-state index < -0.39 is 0 Å². The third-order valence-electron chi connectivity index (χ3n) is 4.39. The van der Waals surface area contributed by atoms with Crippen LogP contribution in [0, 0.1) is 17.3 Å². The van der Waals surface area contributed by atoms with Crippen molar-refractivity contribution in [2.45, 2.75) is 31.7 Å². The normalized spacial score (nSPS) is 41.9. The van der Waals surface area contributed by atoms with Crippen LogP contribution in [-0.2, 0) is 0 Å². The van der Waals surface area contributed by atoms with E-state index in [4.69, 9.17) is 0 Å². The average Bonchev–Trinajstić information content (AvgIpc) is 2.87. The van der Waals surface area contributed by atoms with E-state index in [0.717, 1.165) is 18.4 Å². The van der Waals surface area contributed by atoms with Crippen LogP contribution in [0.25, 0.3) is 0 Å². The highest BCUT2D eigenvalue weighted by Crippen LogP contribution is 2.46. The number of aliphatic hydroxyl groups is 1. The van der Waals surface area contributed by atoms with Gasteiger partial charge in [-0.25, -0.2) is 0 Å². The molecule has 0 amide bonds. The van der Waals surface area contributed by atoms with Crippen molar-refractivity contribution in [3.8, 4) is 0 Å². The van der Waals surface area contributed by atoms with Crippen molar-refractivity contribution in [3.63, 3.8) is 0 Å². The molecule has 0 radical (unpaired) electrons. The summed E-state index contributed by atoms with van der Waals surface area (Å²) in [6, 6.07) is 0.711. The second-order valence-corrected chi connectivity index (χ2v) is 5.38. The summed E-state index contributed by atoms with van der Waals surface area (Å²) in [6.07, 6.45) is 9.79. The van der Waals surface area contributed by atoms with Gasteiger partial charge in [0.15, 0.2) is 0 Å². The van der Waals surface area contributed by atoms with Gasteiger partial charge in [0.05, 0.1) is 0 Å². The third-order valence-corrected chi connectivity index (χ3v) is 4.39. The van der Waals surface area contributed by atoms with Crippen molar-refractivity contribution >= 4 is 0 Å². The fraction of sp³-hybridized carbons (Fsp3) is 0.833. The van der Waals surface area contributed by atoms with Crippen molar-refractivity contribution in [2.24, 2.45) is 17.3 Å². The summed E-state index contributed by atoms with van der Waals surface area (Å²) in [5, 5.41) is 12.8. The smallest absolute Gasteiger partial charge is 0.0499 e. The molecule has 0 aliphatic heterocycles. The Morgan fingerprint density at radius 2 is 2.29 bits per heavy atom. The maximum Gasteiger partial charge on any atom is 0.0499 e. The van der Waals surface area contributed by atoms with Crippen LogP contribution in [0.4, 0.5) is 0 Å². The first kappa shape index (κ1) is 8.93. The van der Waals surface area contributed by atoms with Crippen molar-refractivity contribution < 1.29 is 5.11 Å². The molecule has 0 heterocycles. The molecule has 0 aromatic carbocycles. The van der Waals surface area contributed by atoms with Gasteiger partial charge in [-0.15, -0.1) is 0 Å². The van der Waals surface area contributed by atoms with Crippen molar-refractivity contribution in [2.75, 3.05) is 13.2 Å². The molecule has 78 valence electrons. The van der Waals surface area contributed by atoms with E-state index in [1.54, 1.807) is 0 Å². The molecule has 0 saturated heterocycles. The molecule has 2 fully saturated rings. The monoisotopic (exact) mass is 193 g/mol. The highest BCUT2D eigenvalue weighted by atomic mass is 16.3. The summed E-state index contributed by atoms with van der Waals surface area (Å²) in [4.78, 5) is 0. The predicted molar refractivity (Wildman–Crippen MR) is 55.9 cm³/mol. The first-order chi connectivity index (χ1) is 6.83. The zero-order valence-electron chi connectivity index (χ0n) is 8.58. The first-order valence-corrected chi connectivity index (χ1v) is 5.84. The number of fused-ring (bicyclic) bond motifs is 1. The molecule has 3 aliphatic carbocycles. The summed E-state index contributed by atoms with van der Waals surface area (Å²) in [5.41, 5.74) is 0.271. The highest BCUT2D eigenvalue weighted by molar-refractivity contribution is 5.13. The third kappa shape index (κ3) is 1.32. The Balaban J connectivity index is 1.48. The van der Waals surface area contributed by atoms with Gasteiger partial charge in [0, 0.05) is 24.6 Å². The fourth-order valence-electron chi connectivity index (χ4n) is 2.86. The van der Waals surface area contributed by atoms with E-state index >= 15 is 0 Å². The Bertz CT molecular complexity index is 257. The Kier molecular flexibility index (Phi) is 1.96. The molecule has 2 saturated carbocycles. The fourth-order valence-corrected chi connectivity index (χ4v) is 2.86. The summed E-state index contributed by atoms with van der Waals surface area (Å²) >= 11 is 0. The lowest BCUT2D eigenvalue weighted by Crippen LogP contribution is -2.49. The van der Waals surface area contributed by atoms with Gasteiger partial charge in [0.2, 0.25) is 0 Å². The minimum Gasteiger partial charge on any atom is -0.396 e. The lowest BCUT2D eigenvalue weighted by molar-refractivity contribution is 0.140. The van der Waals surface area contributed by atoms with Crippen LogP contribution in [-0.4, -0.2) is 24.3 Å². The quantitative estimate of drug-likeness (QED) is 0.660. The molecule has 3 rings (SSSR count). The van der Waals surface area contributed by atoms with Crippen molar-refractivity contribution in [1.29, 1.82) is 0 Å². The Morgan fingerprint density at radius 3 is 2.93 bits per heavy atom. The van der Waals surface area contributed by atoms with Gasteiger partial charge < -0.3 is 10.4 Å². The predicted octanol–water partition coefficient (Wildman–Crippen LogP) is 1.31. The van der Waals surface area contributed by atoms with Crippen LogP contribution in [0.15, 0.2) is 12.2 Å². The largest absolute Gasteiger partial charge is 0.396 e. The minimum absolute atomic E-state index is 0.271. The molecular weight excluding hydrogens is 174 g/mol. The highest BCUT2D eigenvalue weighted by Gasteiger charge is 2.45. The average molecular weight is 193 g/mol. The van der Waals surface area contributed by atoms with E-state index in [0.29, 0.717) is 12.6 Å². The van der Waals surface area contributed by atoms with Crippen LogP contribution in [0.3, 0.4) is 0 Å². The standard InChI is InChI=1S/C12H19NO/c14-8-12(4-5-12)7-13-11-6-9-2-1-3-10(9)11/h1,3,9-11,13-14H,2,4-8H2. The minimum atomic E-state index is 0.271. The molecule has 14 heavy (non-hydrogen) atoms. The number of allylic oxidation sites excluding steroid dienone is 1. The molecule has 3 unspecified atom stereocenters. The van der Waals surface area contributed by atoms with Crippen molar-refractivity contribution in [3.05, 3.63) is 12.2 Å². The Labute approximate surface area is 85.4 Å². The summed E-state index contributed by atoms with van der Waals surface area (Å²) < 4.78 is 0. The van der Waals surface area contributed by atoms with Gasteiger partial charge >= 0.3 is 0 Å². The number of hydrogen-bond acceptors (Lipinski definition) is 2. The SMILES string of the molecule is OCC1(CNC2CC3CC=CC32)CC1. The summed E-state index contributed by atoms with van der Waals surface area (Å²) in [5.74, 6) is 1.75. The molecule has 2 nitrogen and oxygen atoms in total. The van der Waals surface area contributed by atoms with Crippen LogP contribution < -0.4 is 5.32 Å². The molecule has 0 aromatic heterocycles. The van der Waals surface area contributed by atoms with Crippen LogP contribution in [0.5, 0.6) is 0 Å². The topological polar surface area (TPSA) is 32.3 Å². The Morgan fingerprint density at radius 1 is 1.43 bits per heavy atom. The van der Waals surface area contributed by atoms with Crippen LogP contribution in [0.1, 0.15) is 25.7 Å². The molecule has 3 aliphatic rings. The zero-order chi connectivity index (χ0) is 9.60. The second kappa shape index (κ2) is 3.07. The molecule has 2 N–H and O–H groups in total. The molecule has 2 heteroatoms. The van der Waals surface area contributed by atoms with E-state index in [-0.39, 0.29) is 5.41 Å². The second-order valence-electron chi connectivity index (χ2n) is 5.38. The molecule has 0 bridgehead atoms.